The number of amides is 1. The van der Waals surface area contributed by atoms with Crippen molar-refractivity contribution in [2.75, 3.05) is 5.32 Å². The fourth-order valence-corrected chi connectivity index (χ4v) is 4.35. The van der Waals surface area contributed by atoms with Crippen LogP contribution in [0.3, 0.4) is 0 Å². The van der Waals surface area contributed by atoms with Crippen molar-refractivity contribution in [3.8, 4) is 0 Å². The first-order chi connectivity index (χ1) is 14.1. The molecule has 1 N–H and O–H groups in total. The quantitative estimate of drug-likeness (QED) is 0.417. The molecule has 0 saturated heterocycles. The number of anilines is 1. The number of carbonyl (C=O) groups excluding carboxylic acids is 1. The lowest BCUT2D eigenvalue weighted by Gasteiger charge is -2.08. The average molecular weight is 381 g/mol. The van der Waals surface area contributed by atoms with Crippen molar-refractivity contribution in [2.45, 2.75) is 20.4 Å². The molecule has 0 bridgehead atoms. The van der Waals surface area contributed by atoms with Gasteiger partial charge in [0, 0.05) is 52.0 Å². The maximum atomic E-state index is 13.0. The molecule has 29 heavy (non-hydrogen) atoms. The van der Waals surface area contributed by atoms with E-state index < -0.39 is 0 Å². The molecular weight excluding hydrogens is 358 g/mol. The van der Waals surface area contributed by atoms with Crippen LogP contribution in [0, 0.1) is 6.92 Å². The van der Waals surface area contributed by atoms with Crippen LogP contribution in [0.1, 0.15) is 23.0 Å². The van der Waals surface area contributed by atoms with Crippen LogP contribution in [0.2, 0.25) is 0 Å². The van der Waals surface area contributed by atoms with Gasteiger partial charge in [-0.25, -0.2) is 0 Å². The second-order valence-corrected chi connectivity index (χ2v) is 7.60. The van der Waals surface area contributed by atoms with Crippen molar-refractivity contribution in [2.24, 2.45) is 7.05 Å². The number of rotatable bonds is 3. The van der Waals surface area contributed by atoms with E-state index in [0.717, 1.165) is 28.5 Å². The Balaban J connectivity index is 1.56. The molecule has 0 aliphatic carbocycles. The van der Waals surface area contributed by atoms with E-state index in [1.807, 2.05) is 23.7 Å². The number of carbonyl (C=O) groups is 1. The van der Waals surface area contributed by atoms with Gasteiger partial charge in [-0.15, -0.1) is 0 Å². The monoisotopic (exact) mass is 381 g/mol. The van der Waals surface area contributed by atoms with E-state index in [2.05, 4.69) is 78.3 Å². The minimum atomic E-state index is -0.0973. The third-order valence-corrected chi connectivity index (χ3v) is 5.78. The lowest BCUT2D eigenvalue weighted by Crippen LogP contribution is -2.15. The first-order valence-electron chi connectivity index (χ1n) is 9.95. The molecule has 0 unspecified atom stereocenters. The molecule has 4 heteroatoms. The number of hydrogen-bond acceptors (Lipinski definition) is 1. The van der Waals surface area contributed by atoms with E-state index in [1.165, 1.54) is 22.0 Å². The molecule has 0 atom stereocenters. The fraction of sp³-hybridized carbons (Fsp3) is 0.160. The molecule has 0 spiro atoms. The van der Waals surface area contributed by atoms with Gasteiger partial charge >= 0.3 is 0 Å². The summed E-state index contributed by atoms with van der Waals surface area (Å²) in [4.78, 5) is 13.0. The molecule has 2 aromatic heterocycles. The molecule has 2 heterocycles. The number of aryl methyl sites for hydroxylation is 3. The van der Waals surface area contributed by atoms with Crippen LogP contribution in [0.25, 0.3) is 32.7 Å². The number of nitrogens with one attached hydrogen (secondary N) is 1. The highest BCUT2D eigenvalue weighted by Gasteiger charge is 2.15. The van der Waals surface area contributed by atoms with Gasteiger partial charge in [-0.1, -0.05) is 29.8 Å². The molecule has 5 rings (SSSR count). The van der Waals surface area contributed by atoms with Gasteiger partial charge in [-0.2, -0.15) is 0 Å². The molecule has 1 amide bonds. The summed E-state index contributed by atoms with van der Waals surface area (Å²) in [5.74, 6) is -0.0973. The van der Waals surface area contributed by atoms with Gasteiger partial charge < -0.3 is 14.5 Å². The van der Waals surface area contributed by atoms with Gasteiger partial charge in [0.2, 0.25) is 0 Å². The smallest absolute Gasteiger partial charge is 0.272 e. The Kier molecular flexibility index (Phi) is 3.95. The Bertz CT molecular complexity index is 1400. The predicted molar refractivity (Wildman–Crippen MR) is 121 cm³/mol. The van der Waals surface area contributed by atoms with Crippen LogP contribution in [0.5, 0.6) is 0 Å². The summed E-state index contributed by atoms with van der Waals surface area (Å²) in [6.07, 6.45) is 0. The van der Waals surface area contributed by atoms with Crippen molar-refractivity contribution in [3.05, 3.63) is 78.0 Å². The van der Waals surface area contributed by atoms with Gasteiger partial charge in [0.1, 0.15) is 5.69 Å². The normalized spacial score (nSPS) is 11.6. The lowest BCUT2D eigenvalue weighted by molar-refractivity contribution is 0.102. The maximum Gasteiger partial charge on any atom is 0.272 e. The third kappa shape index (κ3) is 2.71. The number of benzene rings is 3. The number of nitrogens with zero attached hydrogens (tertiary/aromatic N) is 2. The maximum absolute atomic E-state index is 13.0. The van der Waals surface area contributed by atoms with E-state index in [4.69, 9.17) is 0 Å². The van der Waals surface area contributed by atoms with E-state index in [1.54, 1.807) is 0 Å². The van der Waals surface area contributed by atoms with Crippen molar-refractivity contribution in [3.63, 3.8) is 0 Å². The van der Waals surface area contributed by atoms with E-state index >= 15 is 0 Å². The number of aromatic nitrogens is 2. The predicted octanol–water partition coefficient (Wildman–Crippen LogP) is 5.87. The Morgan fingerprint density at radius 3 is 2.48 bits per heavy atom. The van der Waals surface area contributed by atoms with Gasteiger partial charge in [-0.3, -0.25) is 4.79 Å². The van der Waals surface area contributed by atoms with E-state index in [-0.39, 0.29) is 5.91 Å². The highest BCUT2D eigenvalue weighted by molar-refractivity contribution is 6.11. The summed E-state index contributed by atoms with van der Waals surface area (Å²) in [5, 5.41) is 6.54. The van der Waals surface area contributed by atoms with Crippen molar-refractivity contribution >= 4 is 44.3 Å². The first-order valence-corrected chi connectivity index (χ1v) is 9.95. The molecule has 144 valence electrons. The second-order valence-electron chi connectivity index (χ2n) is 7.60. The Labute approximate surface area is 169 Å². The fourth-order valence-electron chi connectivity index (χ4n) is 4.35. The minimum Gasteiger partial charge on any atom is -0.341 e. The van der Waals surface area contributed by atoms with Crippen LogP contribution >= 0.6 is 0 Å². The van der Waals surface area contributed by atoms with Gasteiger partial charge in [0.25, 0.3) is 5.91 Å². The zero-order chi connectivity index (χ0) is 20.1. The molecule has 0 aliphatic rings. The number of fused-ring (bicyclic) bond motifs is 4. The summed E-state index contributed by atoms with van der Waals surface area (Å²) in [5.41, 5.74) is 6.11. The highest BCUT2D eigenvalue weighted by atomic mass is 16.1. The average Bonchev–Trinajstić information content (AvgIpc) is 3.22. The second kappa shape index (κ2) is 6.52. The van der Waals surface area contributed by atoms with Crippen molar-refractivity contribution < 1.29 is 4.79 Å². The van der Waals surface area contributed by atoms with Crippen LogP contribution in [-0.4, -0.2) is 15.0 Å². The molecule has 0 aliphatic heterocycles. The molecule has 5 aromatic rings. The molecular formula is C25H23N3O. The molecule has 0 saturated carbocycles. The molecule has 0 radical (unpaired) electrons. The molecule has 4 nitrogen and oxygen atoms in total. The van der Waals surface area contributed by atoms with E-state index in [0.29, 0.717) is 5.69 Å². The highest BCUT2D eigenvalue weighted by Crippen LogP contribution is 2.31. The van der Waals surface area contributed by atoms with E-state index in [9.17, 15) is 4.79 Å². The zero-order valence-electron chi connectivity index (χ0n) is 16.9. The number of hydrogen-bond donors (Lipinski definition) is 1. The van der Waals surface area contributed by atoms with Crippen LogP contribution in [0.4, 0.5) is 5.69 Å². The lowest BCUT2D eigenvalue weighted by atomic mass is 10.1. The van der Waals surface area contributed by atoms with Crippen molar-refractivity contribution in [1.82, 2.24) is 9.13 Å². The molecule has 3 aromatic carbocycles. The van der Waals surface area contributed by atoms with Crippen molar-refractivity contribution in [1.29, 1.82) is 0 Å². The summed E-state index contributed by atoms with van der Waals surface area (Å²) in [6, 6.07) is 22.8. The Morgan fingerprint density at radius 1 is 0.897 bits per heavy atom. The standard InChI is InChI=1S/C25H23N3O/c1-4-28-22-8-6-5-7-19(22)20-15-18(10-12-23(20)28)26-25(29)24-14-17-13-16(2)9-11-21(17)27(24)3/h5-15H,4H2,1-3H3,(H,26,29). The number of para-hydroxylation sites is 1. The van der Waals surface area contributed by atoms with Crippen LogP contribution in [-0.2, 0) is 13.6 Å². The summed E-state index contributed by atoms with van der Waals surface area (Å²) in [6.45, 7) is 5.13. The Morgan fingerprint density at radius 2 is 1.66 bits per heavy atom. The van der Waals surface area contributed by atoms with Crippen LogP contribution in [0.15, 0.2) is 66.7 Å². The Hall–Kier alpha value is -3.53. The van der Waals surface area contributed by atoms with Gasteiger partial charge in [0.05, 0.1) is 0 Å². The topological polar surface area (TPSA) is 39.0 Å². The zero-order valence-corrected chi connectivity index (χ0v) is 16.9. The first kappa shape index (κ1) is 17.6. The summed E-state index contributed by atoms with van der Waals surface area (Å²) < 4.78 is 4.26. The minimum absolute atomic E-state index is 0.0973. The van der Waals surface area contributed by atoms with Gasteiger partial charge in [-0.05, 0) is 56.3 Å². The summed E-state index contributed by atoms with van der Waals surface area (Å²) in [7, 11) is 1.94. The third-order valence-electron chi connectivity index (χ3n) is 5.78. The van der Waals surface area contributed by atoms with Crippen LogP contribution < -0.4 is 5.32 Å². The van der Waals surface area contributed by atoms with Gasteiger partial charge in [0.15, 0.2) is 0 Å². The SMILES string of the molecule is CCn1c2ccccc2c2cc(NC(=O)c3cc4cc(C)ccc4n3C)ccc21. The largest absolute Gasteiger partial charge is 0.341 e. The molecule has 0 fully saturated rings. The summed E-state index contributed by atoms with van der Waals surface area (Å²) >= 11 is 0.